The molecule has 0 radical (unpaired) electrons. The van der Waals surface area contributed by atoms with Crippen molar-refractivity contribution < 1.29 is 9.26 Å². The summed E-state index contributed by atoms with van der Waals surface area (Å²) in [6.45, 7) is 10.6. The van der Waals surface area contributed by atoms with Crippen LogP contribution in [0.2, 0.25) is 0 Å². The molecule has 0 aliphatic carbocycles. The van der Waals surface area contributed by atoms with Gasteiger partial charge in [0.05, 0.1) is 18.1 Å². The number of nitrogens with zero attached hydrogens (tertiary/aromatic N) is 1. The second-order valence-electron chi connectivity index (χ2n) is 5.16. The molecule has 0 aromatic carbocycles. The third-order valence-electron chi connectivity index (χ3n) is 2.20. The lowest BCUT2D eigenvalue weighted by Gasteiger charge is -2.18. The Kier molecular flexibility index (Phi) is 4.39. The summed E-state index contributed by atoms with van der Waals surface area (Å²) in [6.07, 6.45) is 0. The number of aromatic nitrogens is 1. The average Bonchev–Trinajstić information content (AvgIpc) is 2.56. The number of rotatable bonds is 4. The van der Waals surface area contributed by atoms with Crippen molar-refractivity contribution >= 4 is 11.6 Å². The van der Waals surface area contributed by atoms with Gasteiger partial charge in [-0.2, -0.15) is 0 Å². The van der Waals surface area contributed by atoms with Crippen LogP contribution in [0.15, 0.2) is 4.52 Å². The Morgan fingerprint density at radius 3 is 2.44 bits per heavy atom. The van der Waals surface area contributed by atoms with Crippen molar-refractivity contribution in [1.82, 2.24) is 5.16 Å². The van der Waals surface area contributed by atoms with Crippen LogP contribution in [0.25, 0.3) is 0 Å². The normalized spacial score (nSPS) is 12.4. The first-order valence-corrected chi connectivity index (χ1v) is 6.06. The van der Waals surface area contributed by atoms with E-state index in [9.17, 15) is 0 Å². The van der Waals surface area contributed by atoms with Crippen LogP contribution >= 0.6 is 11.6 Å². The Balaban J connectivity index is 2.81. The second-order valence-corrected chi connectivity index (χ2v) is 5.43. The fraction of sp³-hybridized carbons (Fsp3) is 0.750. The van der Waals surface area contributed by atoms with E-state index in [-0.39, 0.29) is 5.60 Å². The van der Waals surface area contributed by atoms with Crippen molar-refractivity contribution in [2.24, 2.45) is 0 Å². The first-order valence-electron chi connectivity index (χ1n) is 5.52. The maximum atomic E-state index is 5.92. The van der Waals surface area contributed by atoms with E-state index in [1.54, 1.807) is 0 Å². The zero-order chi connectivity index (χ0) is 12.3. The van der Waals surface area contributed by atoms with Crippen LogP contribution in [0.5, 0.6) is 0 Å². The highest BCUT2D eigenvalue weighted by Gasteiger charge is 2.19. The van der Waals surface area contributed by atoms with Crippen molar-refractivity contribution in [3.05, 3.63) is 17.0 Å². The number of alkyl halides is 1. The maximum absolute atomic E-state index is 5.92. The molecule has 0 fully saturated rings. The molecule has 4 heteroatoms. The Morgan fingerprint density at radius 1 is 1.38 bits per heavy atom. The lowest BCUT2D eigenvalue weighted by Crippen LogP contribution is -2.19. The number of ether oxygens (including phenoxy) is 1. The smallest absolute Gasteiger partial charge is 0.144 e. The molecule has 0 aliphatic rings. The Morgan fingerprint density at radius 2 is 2.00 bits per heavy atom. The van der Waals surface area contributed by atoms with Crippen LogP contribution in [-0.4, -0.2) is 10.8 Å². The third kappa shape index (κ3) is 3.49. The fourth-order valence-electron chi connectivity index (χ4n) is 1.35. The van der Waals surface area contributed by atoms with Crippen LogP contribution in [0.1, 0.15) is 57.6 Å². The Hall–Kier alpha value is -0.540. The van der Waals surface area contributed by atoms with E-state index in [0.29, 0.717) is 18.4 Å². The summed E-state index contributed by atoms with van der Waals surface area (Å²) in [5.41, 5.74) is 1.61. The van der Waals surface area contributed by atoms with E-state index >= 15 is 0 Å². The molecule has 3 nitrogen and oxygen atoms in total. The van der Waals surface area contributed by atoms with Crippen LogP contribution in [0.3, 0.4) is 0 Å². The molecule has 92 valence electrons. The highest BCUT2D eigenvalue weighted by molar-refractivity contribution is 6.17. The minimum Gasteiger partial charge on any atom is -0.369 e. The average molecular weight is 246 g/mol. The number of halogens is 1. The molecule has 1 rings (SSSR count). The van der Waals surface area contributed by atoms with Gasteiger partial charge in [0.15, 0.2) is 0 Å². The van der Waals surface area contributed by atoms with E-state index in [1.807, 2.05) is 20.8 Å². The fourth-order valence-corrected chi connectivity index (χ4v) is 1.64. The molecule has 0 N–H and O–H groups in total. The van der Waals surface area contributed by atoms with Gasteiger partial charge in [0, 0.05) is 11.5 Å². The molecule has 0 saturated carbocycles. The third-order valence-corrected chi connectivity index (χ3v) is 2.47. The highest BCUT2D eigenvalue weighted by Crippen LogP contribution is 2.25. The van der Waals surface area contributed by atoms with E-state index in [1.165, 1.54) is 0 Å². The summed E-state index contributed by atoms with van der Waals surface area (Å²) in [5, 5.41) is 4.03. The summed E-state index contributed by atoms with van der Waals surface area (Å²) in [6, 6.07) is 0. The molecule has 0 saturated heterocycles. The first-order chi connectivity index (χ1) is 7.35. The van der Waals surface area contributed by atoms with Gasteiger partial charge in [-0.25, -0.2) is 0 Å². The SMILES string of the molecule is CC(C)c1onc(COC(C)(C)C)c1CCl. The standard InChI is InChI=1S/C12H20ClNO2/c1-8(2)11-9(6-13)10(14-16-11)7-15-12(3,4)5/h8H,6-7H2,1-5H3. The summed E-state index contributed by atoms with van der Waals surface area (Å²) in [7, 11) is 0. The Labute approximate surface area is 102 Å². The van der Waals surface area contributed by atoms with Crippen molar-refractivity contribution in [3.8, 4) is 0 Å². The molecule has 1 aromatic heterocycles. The van der Waals surface area contributed by atoms with Crippen molar-refractivity contribution in [1.29, 1.82) is 0 Å². The van der Waals surface area contributed by atoms with Gasteiger partial charge < -0.3 is 9.26 Å². The molecule has 0 spiro atoms. The van der Waals surface area contributed by atoms with Crippen molar-refractivity contribution in [2.75, 3.05) is 0 Å². The van der Waals surface area contributed by atoms with Gasteiger partial charge in [0.2, 0.25) is 0 Å². The Bertz CT molecular complexity index is 339. The lowest BCUT2D eigenvalue weighted by atomic mass is 10.1. The quantitative estimate of drug-likeness (QED) is 0.756. The minimum absolute atomic E-state index is 0.180. The second kappa shape index (κ2) is 5.19. The molecule has 0 amide bonds. The van der Waals surface area contributed by atoms with Crippen LogP contribution < -0.4 is 0 Å². The zero-order valence-electron chi connectivity index (χ0n) is 10.6. The molecule has 16 heavy (non-hydrogen) atoms. The highest BCUT2D eigenvalue weighted by atomic mass is 35.5. The predicted octanol–water partition coefficient (Wildman–Crippen LogP) is 3.85. The molecule has 0 unspecified atom stereocenters. The van der Waals surface area contributed by atoms with Crippen LogP contribution in [0.4, 0.5) is 0 Å². The summed E-state index contributed by atoms with van der Waals surface area (Å²) in [5.74, 6) is 1.58. The molecular formula is C12H20ClNO2. The van der Waals surface area contributed by atoms with E-state index < -0.39 is 0 Å². The van der Waals surface area contributed by atoms with E-state index in [0.717, 1.165) is 17.0 Å². The number of hydrogen-bond donors (Lipinski definition) is 0. The molecular weight excluding hydrogens is 226 g/mol. The lowest BCUT2D eigenvalue weighted by molar-refractivity contribution is -0.0176. The predicted molar refractivity (Wildman–Crippen MR) is 64.7 cm³/mol. The molecule has 0 atom stereocenters. The monoisotopic (exact) mass is 245 g/mol. The van der Waals surface area contributed by atoms with Crippen LogP contribution in [-0.2, 0) is 17.2 Å². The van der Waals surface area contributed by atoms with Gasteiger partial charge in [0.25, 0.3) is 0 Å². The largest absolute Gasteiger partial charge is 0.369 e. The van der Waals surface area contributed by atoms with Gasteiger partial charge in [-0.3, -0.25) is 0 Å². The van der Waals surface area contributed by atoms with Crippen molar-refractivity contribution in [2.45, 2.75) is 58.6 Å². The van der Waals surface area contributed by atoms with Gasteiger partial charge in [-0.05, 0) is 20.8 Å². The van der Waals surface area contributed by atoms with Crippen molar-refractivity contribution in [3.63, 3.8) is 0 Å². The van der Waals surface area contributed by atoms with Gasteiger partial charge >= 0.3 is 0 Å². The topological polar surface area (TPSA) is 35.3 Å². The first kappa shape index (κ1) is 13.5. The number of hydrogen-bond acceptors (Lipinski definition) is 3. The summed E-state index contributed by atoms with van der Waals surface area (Å²) in [4.78, 5) is 0. The zero-order valence-corrected chi connectivity index (χ0v) is 11.4. The van der Waals surface area contributed by atoms with E-state index in [2.05, 4.69) is 19.0 Å². The summed E-state index contributed by atoms with van der Waals surface area (Å²) >= 11 is 5.92. The molecule has 0 bridgehead atoms. The molecule has 1 heterocycles. The molecule has 0 aliphatic heterocycles. The maximum Gasteiger partial charge on any atom is 0.144 e. The van der Waals surface area contributed by atoms with Gasteiger partial charge in [0.1, 0.15) is 11.5 Å². The summed E-state index contributed by atoms with van der Waals surface area (Å²) < 4.78 is 11.0. The van der Waals surface area contributed by atoms with Crippen LogP contribution in [0, 0.1) is 0 Å². The molecule has 1 aromatic rings. The minimum atomic E-state index is -0.180. The van der Waals surface area contributed by atoms with Gasteiger partial charge in [-0.15, -0.1) is 11.6 Å². The van der Waals surface area contributed by atoms with Gasteiger partial charge in [-0.1, -0.05) is 19.0 Å². The van der Waals surface area contributed by atoms with E-state index in [4.69, 9.17) is 20.9 Å².